The average Bonchev–Trinajstić information content (AvgIpc) is 3.70. The Labute approximate surface area is 343 Å². The van der Waals surface area contributed by atoms with E-state index in [1.807, 2.05) is 11.3 Å². The minimum Gasteiger partial charge on any atom is -0.247 e. The van der Waals surface area contributed by atoms with Crippen molar-refractivity contribution in [3.63, 3.8) is 0 Å². The number of rotatable bonds is 5. The van der Waals surface area contributed by atoms with Crippen molar-refractivity contribution in [1.82, 2.24) is 19.9 Å². The van der Waals surface area contributed by atoms with E-state index in [0.717, 1.165) is 66.1 Å². The lowest BCUT2D eigenvalue weighted by Crippen LogP contribution is -2.00. The van der Waals surface area contributed by atoms with Crippen molar-refractivity contribution in [2.24, 2.45) is 0 Å². The molecule has 0 aliphatic carbocycles. The van der Waals surface area contributed by atoms with Crippen LogP contribution in [-0.2, 0) is 0 Å². The Hall–Kier alpha value is -7.60. The lowest BCUT2D eigenvalue weighted by molar-refractivity contribution is 1.08. The summed E-state index contributed by atoms with van der Waals surface area (Å²) in [6, 6.07) is 68.7. The standard InChI is InChI=1S/C54H32N4S/c1-2-13-35(14-3-1)51-44-26-28-48-50(43-19-8-9-20-47(43)59-48)49(44)45-32-39(25-27-46(45)55-51)38-17-10-18-40(31-38)52-56-53(41-23-21-33-11-4-6-15-36(33)29-41)58-54(57-52)42-24-22-34-12-5-7-16-37(34)30-42/h1-32H. The van der Waals surface area contributed by atoms with Crippen LogP contribution in [0.25, 0.3) is 120 Å². The summed E-state index contributed by atoms with van der Waals surface area (Å²) in [5.74, 6) is 1.90. The van der Waals surface area contributed by atoms with Gasteiger partial charge in [0.05, 0.1) is 11.2 Å². The molecule has 0 unspecified atom stereocenters. The molecule has 0 aliphatic rings. The van der Waals surface area contributed by atoms with Gasteiger partial charge in [-0.15, -0.1) is 11.3 Å². The first-order chi connectivity index (χ1) is 29.2. The van der Waals surface area contributed by atoms with Gasteiger partial charge in [0.1, 0.15) is 0 Å². The van der Waals surface area contributed by atoms with E-state index in [2.05, 4.69) is 194 Å². The summed E-state index contributed by atoms with van der Waals surface area (Å²) >= 11 is 1.85. The average molecular weight is 769 g/mol. The number of pyridine rings is 1. The first-order valence-corrected chi connectivity index (χ1v) is 20.6. The SMILES string of the molecule is c1ccc(-c2nc3ccc(-c4cccc(-c5nc(-c6ccc7ccccc7c6)nc(-c6ccc7ccccc7c6)n5)c4)cc3c3c2ccc2sc4ccccc4c23)cc1. The first kappa shape index (κ1) is 33.5. The van der Waals surface area contributed by atoms with Crippen LogP contribution in [0.4, 0.5) is 0 Å². The van der Waals surface area contributed by atoms with E-state index in [1.165, 1.54) is 36.3 Å². The molecule has 12 aromatic rings. The third kappa shape index (κ3) is 5.74. The van der Waals surface area contributed by atoms with E-state index in [1.54, 1.807) is 0 Å². The van der Waals surface area contributed by atoms with Crippen LogP contribution < -0.4 is 0 Å². The summed E-state index contributed by atoms with van der Waals surface area (Å²) in [6.45, 7) is 0. The van der Waals surface area contributed by atoms with Crippen LogP contribution in [0, 0.1) is 0 Å². The zero-order chi connectivity index (χ0) is 38.9. The number of hydrogen-bond donors (Lipinski definition) is 0. The van der Waals surface area contributed by atoms with Crippen LogP contribution >= 0.6 is 11.3 Å². The fourth-order valence-electron chi connectivity index (χ4n) is 8.56. The lowest BCUT2D eigenvalue weighted by atomic mass is 9.94. The first-order valence-electron chi connectivity index (χ1n) is 19.8. The maximum absolute atomic E-state index is 5.34. The summed E-state index contributed by atoms with van der Waals surface area (Å²) < 4.78 is 2.56. The molecule has 0 spiro atoms. The largest absolute Gasteiger partial charge is 0.247 e. The molecule has 59 heavy (non-hydrogen) atoms. The van der Waals surface area contributed by atoms with Gasteiger partial charge in [-0.3, -0.25) is 0 Å². The Morgan fingerprint density at radius 2 is 0.847 bits per heavy atom. The zero-order valence-electron chi connectivity index (χ0n) is 31.7. The van der Waals surface area contributed by atoms with Crippen molar-refractivity contribution < 1.29 is 0 Å². The van der Waals surface area contributed by atoms with Gasteiger partial charge in [-0.05, 0) is 75.1 Å². The fraction of sp³-hybridized carbons (Fsp3) is 0. The topological polar surface area (TPSA) is 51.6 Å². The number of aromatic nitrogens is 4. The smallest absolute Gasteiger partial charge is 0.164 e. The molecule has 3 heterocycles. The van der Waals surface area contributed by atoms with E-state index >= 15 is 0 Å². The van der Waals surface area contributed by atoms with Crippen molar-refractivity contribution >= 4 is 74.7 Å². The van der Waals surface area contributed by atoms with Gasteiger partial charge < -0.3 is 0 Å². The van der Waals surface area contributed by atoms with Crippen molar-refractivity contribution in [1.29, 1.82) is 0 Å². The molecule has 9 aromatic carbocycles. The number of hydrogen-bond acceptors (Lipinski definition) is 5. The highest BCUT2D eigenvalue weighted by molar-refractivity contribution is 7.26. The molecular weight excluding hydrogens is 737 g/mol. The Morgan fingerprint density at radius 1 is 0.288 bits per heavy atom. The molecule has 274 valence electrons. The predicted octanol–water partition coefficient (Wildman–Crippen LogP) is 14.6. The Kier molecular flexibility index (Phi) is 7.68. The summed E-state index contributed by atoms with van der Waals surface area (Å²) in [5, 5.41) is 10.7. The number of nitrogens with zero attached hydrogens (tertiary/aromatic N) is 4. The second-order valence-corrected chi connectivity index (χ2v) is 16.1. The Balaban J connectivity index is 1.05. The molecule has 5 heteroatoms. The van der Waals surface area contributed by atoms with E-state index in [-0.39, 0.29) is 0 Å². The van der Waals surface area contributed by atoms with Crippen LogP contribution in [-0.4, -0.2) is 19.9 Å². The van der Waals surface area contributed by atoms with E-state index < -0.39 is 0 Å². The number of fused-ring (bicyclic) bond motifs is 9. The second-order valence-electron chi connectivity index (χ2n) is 15.0. The number of thiophene rings is 1. The molecule has 0 saturated heterocycles. The molecule has 0 amide bonds. The molecule has 0 saturated carbocycles. The molecule has 12 rings (SSSR count). The molecule has 0 bridgehead atoms. The van der Waals surface area contributed by atoms with Gasteiger partial charge >= 0.3 is 0 Å². The fourth-order valence-corrected chi connectivity index (χ4v) is 9.68. The molecular formula is C54H32N4S. The summed E-state index contributed by atoms with van der Waals surface area (Å²) in [6.07, 6.45) is 0. The van der Waals surface area contributed by atoms with Crippen molar-refractivity contribution in [2.75, 3.05) is 0 Å². The minimum atomic E-state index is 0.625. The normalized spacial score (nSPS) is 11.7. The van der Waals surface area contributed by atoms with Crippen LogP contribution in [0.5, 0.6) is 0 Å². The third-order valence-electron chi connectivity index (χ3n) is 11.4. The van der Waals surface area contributed by atoms with Gasteiger partial charge in [-0.1, -0.05) is 152 Å². The molecule has 0 aliphatic heterocycles. The van der Waals surface area contributed by atoms with Gasteiger partial charge in [0.2, 0.25) is 0 Å². The molecule has 0 radical (unpaired) electrons. The molecule has 3 aromatic heterocycles. The Bertz CT molecular complexity index is 3530. The van der Waals surface area contributed by atoms with Crippen LogP contribution in [0.1, 0.15) is 0 Å². The third-order valence-corrected chi connectivity index (χ3v) is 12.6. The lowest BCUT2D eigenvalue weighted by Gasteiger charge is -2.14. The van der Waals surface area contributed by atoms with E-state index in [0.29, 0.717) is 17.5 Å². The van der Waals surface area contributed by atoms with E-state index in [4.69, 9.17) is 19.9 Å². The van der Waals surface area contributed by atoms with Crippen molar-refractivity contribution in [3.05, 3.63) is 194 Å². The van der Waals surface area contributed by atoms with Crippen LogP contribution in [0.3, 0.4) is 0 Å². The van der Waals surface area contributed by atoms with Gasteiger partial charge in [-0.25, -0.2) is 19.9 Å². The highest BCUT2D eigenvalue weighted by Gasteiger charge is 2.18. The van der Waals surface area contributed by atoms with E-state index in [9.17, 15) is 0 Å². The predicted molar refractivity (Wildman–Crippen MR) is 248 cm³/mol. The van der Waals surface area contributed by atoms with Crippen LogP contribution in [0.15, 0.2) is 194 Å². The van der Waals surface area contributed by atoms with Gasteiger partial charge in [0.15, 0.2) is 17.5 Å². The zero-order valence-corrected chi connectivity index (χ0v) is 32.5. The highest BCUT2D eigenvalue weighted by Crippen LogP contribution is 2.44. The Morgan fingerprint density at radius 3 is 1.56 bits per heavy atom. The van der Waals surface area contributed by atoms with Gasteiger partial charge in [-0.2, -0.15) is 0 Å². The molecule has 0 atom stereocenters. The molecule has 4 nitrogen and oxygen atoms in total. The highest BCUT2D eigenvalue weighted by atomic mass is 32.1. The molecule has 0 fully saturated rings. The van der Waals surface area contributed by atoms with Crippen molar-refractivity contribution in [3.8, 4) is 56.5 Å². The quantitative estimate of drug-likeness (QED) is 0.164. The van der Waals surface area contributed by atoms with Crippen molar-refractivity contribution in [2.45, 2.75) is 0 Å². The molecule has 0 N–H and O–H groups in total. The minimum absolute atomic E-state index is 0.625. The monoisotopic (exact) mass is 768 g/mol. The van der Waals surface area contributed by atoms with Crippen LogP contribution in [0.2, 0.25) is 0 Å². The second kappa shape index (κ2) is 13.5. The maximum Gasteiger partial charge on any atom is 0.164 e. The number of benzene rings is 9. The summed E-state index contributed by atoms with van der Waals surface area (Å²) in [4.78, 5) is 20.8. The summed E-state index contributed by atoms with van der Waals surface area (Å²) in [7, 11) is 0. The van der Waals surface area contributed by atoms with Gasteiger partial charge in [0, 0.05) is 58.6 Å². The maximum atomic E-state index is 5.34. The summed E-state index contributed by atoms with van der Waals surface area (Å²) in [5.41, 5.74) is 8.07. The van der Waals surface area contributed by atoms with Gasteiger partial charge in [0.25, 0.3) is 0 Å².